The molecule has 0 bridgehead atoms. The second kappa shape index (κ2) is 11.1. The van der Waals surface area contributed by atoms with Crippen LogP contribution in [0.15, 0.2) is 18.3 Å². The maximum absolute atomic E-state index is 12.3. The van der Waals surface area contributed by atoms with E-state index >= 15 is 0 Å². The first-order valence-electron chi connectivity index (χ1n) is 7.60. The third-order valence-electron chi connectivity index (χ3n) is 3.76. The van der Waals surface area contributed by atoms with Gasteiger partial charge in [0.05, 0.1) is 11.7 Å². The smallest absolute Gasteiger partial charge is 0.222 e. The lowest BCUT2D eigenvalue weighted by molar-refractivity contribution is -0.122. The van der Waals surface area contributed by atoms with Crippen LogP contribution in [0.4, 0.5) is 0 Å². The summed E-state index contributed by atoms with van der Waals surface area (Å²) in [6.07, 6.45) is 2.34. The average Bonchev–Trinajstić information content (AvgIpc) is 2.46. The summed E-state index contributed by atoms with van der Waals surface area (Å²) in [5, 5.41) is 6.58. The molecule has 4 nitrogen and oxygen atoms in total. The molecular formula is C16H27Cl2N3OS. The predicted octanol–water partition coefficient (Wildman–Crippen LogP) is 3.14. The molecule has 0 aliphatic carbocycles. The highest BCUT2D eigenvalue weighted by Gasteiger charge is 2.23. The summed E-state index contributed by atoms with van der Waals surface area (Å²) in [4.78, 5) is 16.8. The van der Waals surface area contributed by atoms with Crippen LogP contribution in [0.2, 0.25) is 0 Å². The molecule has 1 fully saturated rings. The van der Waals surface area contributed by atoms with Crippen molar-refractivity contribution >= 4 is 42.5 Å². The number of aryl methyl sites for hydroxylation is 1. The number of hydrogen-bond donors (Lipinski definition) is 2. The lowest BCUT2D eigenvalue weighted by atomic mass is 9.97. The van der Waals surface area contributed by atoms with Crippen molar-refractivity contribution in [3.05, 3.63) is 29.6 Å². The van der Waals surface area contributed by atoms with Gasteiger partial charge in [-0.2, -0.15) is 11.8 Å². The molecule has 1 aromatic heterocycles. The van der Waals surface area contributed by atoms with Crippen LogP contribution in [-0.4, -0.2) is 35.0 Å². The first-order valence-corrected chi connectivity index (χ1v) is 8.75. The molecular weight excluding hydrogens is 353 g/mol. The topological polar surface area (TPSA) is 54.0 Å². The van der Waals surface area contributed by atoms with Gasteiger partial charge in [0.25, 0.3) is 0 Å². The number of rotatable bonds is 5. The minimum atomic E-state index is -0.0186. The van der Waals surface area contributed by atoms with Crippen molar-refractivity contribution in [3.63, 3.8) is 0 Å². The summed E-state index contributed by atoms with van der Waals surface area (Å²) >= 11 is 1.91. The molecule has 2 rings (SSSR count). The molecule has 0 saturated carbocycles. The Balaban J connectivity index is 0.00000242. The Labute approximate surface area is 155 Å². The number of pyridine rings is 1. The highest BCUT2D eigenvalue weighted by Crippen LogP contribution is 2.23. The molecule has 132 valence electrons. The fourth-order valence-corrected chi connectivity index (χ4v) is 3.53. The zero-order valence-corrected chi connectivity index (χ0v) is 16.3. The monoisotopic (exact) mass is 379 g/mol. The van der Waals surface area contributed by atoms with Gasteiger partial charge >= 0.3 is 0 Å². The van der Waals surface area contributed by atoms with Crippen LogP contribution in [0.1, 0.15) is 37.6 Å². The number of nitrogens with zero attached hydrogens (tertiary/aromatic N) is 1. The van der Waals surface area contributed by atoms with Gasteiger partial charge in [-0.3, -0.25) is 9.78 Å². The van der Waals surface area contributed by atoms with Crippen LogP contribution in [0.25, 0.3) is 0 Å². The summed E-state index contributed by atoms with van der Waals surface area (Å²) < 4.78 is 0. The standard InChI is InChI=1S/C16H25N3OS.2ClH/c1-11(2)15(16-12(3)5-4-6-18-16)19-14(20)9-13-10-21-8-7-17-13;;/h4-6,11,13,15,17H,7-10H2,1-3H3,(H,19,20);2*1H. The van der Waals surface area contributed by atoms with Gasteiger partial charge in [-0.25, -0.2) is 0 Å². The Bertz CT molecular complexity index is 482. The molecule has 1 aliphatic rings. The molecule has 0 spiro atoms. The van der Waals surface area contributed by atoms with Crippen LogP contribution < -0.4 is 10.6 Å². The highest BCUT2D eigenvalue weighted by atomic mass is 35.5. The summed E-state index contributed by atoms with van der Waals surface area (Å²) in [7, 11) is 0. The Morgan fingerprint density at radius 2 is 2.22 bits per heavy atom. The van der Waals surface area contributed by atoms with Crippen molar-refractivity contribution in [2.45, 2.75) is 39.3 Å². The molecule has 0 aromatic carbocycles. The third-order valence-corrected chi connectivity index (χ3v) is 4.89. The van der Waals surface area contributed by atoms with Crippen molar-refractivity contribution in [3.8, 4) is 0 Å². The summed E-state index contributed by atoms with van der Waals surface area (Å²) in [5.74, 6) is 2.58. The Kier molecular flexibility index (Phi) is 10.9. The highest BCUT2D eigenvalue weighted by molar-refractivity contribution is 7.99. The molecule has 1 aliphatic heterocycles. The fourth-order valence-electron chi connectivity index (χ4n) is 2.58. The van der Waals surface area contributed by atoms with Crippen molar-refractivity contribution in [1.29, 1.82) is 0 Å². The number of nitrogens with one attached hydrogen (secondary N) is 2. The number of carbonyl (C=O) groups is 1. The molecule has 7 heteroatoms. The second-order valence-electron chi connectivity index (χ2n) is 5.92. The summed E-state index contributed by atoms with van der Waals surface area (Å²) in [6.45, 7) is 7.28. The molecule has 1 saturated heterocycles. The average molecular weight is 380 g/mol. The van der Waals surface area contributed by atoms with Gasteiger partial charge in [-0.1, -0.05) is 19.9 Å². The molecule has 2 atom stereocenters. The summed E-state index contributed by atoms with van der Waals surface area (Å²) in [5.41, 5.74) is 2.11. The van der Waals surface area contributed by atoms with Crippen molar-refractivity contribution in [2.75, 3.05) is 18.1 Å². The van der Waals surface area contributed by atoms with Gasteiger partial charge < -0.3 is 10.6 Å². The normalized spacial score (nSPS) is 18.5. The van der Waals surface area contributed by atoms with E-state index in [0.717, 1.165) is 29.3 Å². The van der Waals surface area contributed by atoms with Crippen LogP contribution >= 0.6 is 36.6 Å². The minimum Gasteiger partial charge on any atom is -0.347 e. The largest absolute Gasteiger partial charge is 0.347 e. The van der Waals surface area contributed by atoms with E-state index < -0.39 is 0 Å². The van der Waals surface area contributed by atoms with Crippen LogP contribution in [0.3, 0.4) is 0 Å². The number of thioether (sulfide) groups is 1. The number of hydrogen-bond acceptors (Lipinski definition) is 4. The maximum Gasteiger partial charge on any atom is 0.222 e. The Hall–Kier alpha value is -0.490. The first kappa shape index (κ1) is 22.5. The maximum atomic E-state index is 12.3. The lowest BCUT2D eigenvalue weighted by Gasteiger charge is -2.26. The molecule has 1 aromatic rings. The van der Waals surface area contributed by atoms with Crippen LogP contribution in [0.5, 0.6) is 0 Å². The number of aromatic nitrogens is 1. The van der Waals surface area contributed by atoms with E-state index in [1.807, 2.05) is 30.8 Å². The van der Waals surface area contributed by atoms with E-state index in [0.29, 0.717) is 18.4 Å². The molecule has 1 amide bonds. The molecule has 23 heavy (non-hydrogen) atoms. The molecule has 2 N–H and O–H groups in total. The summed E-state index contributed by atoms with van der Waals surface area (Å²) in [6, 6.07) is 4.25. The van der Waals surface area contributed by atoms with E-state index in [4.69, 9.17) is 0 Å². The van der Waals surface area contributed by atoms with E-state index in [9.17, 15) is 4.79 Å². The van der Waals surface area contributed by atoms with Gasteiger partial charge in [0.2, 0.25) is 5.91 Å². The van der Waals surface area contributed by atoms with Crippen LogP contribution in [-0.2, 0) is 4.79 Å². The fraction of sp³-hybridized carbons (Fsp3) is 0.625. The van der Waals surface area contributed by atoms with E-state index in [1.165, 1.54) is 0 Å². The second-order valence-corrected chi connectivity index (χ2v) is 7.07. The zero-order valence-electron chi connectivity index (χ0n) is 13.9. The minimum absolute atomic E-state index is 0. The van der Waals surface area contributed by atoms with Gasteiger partial charge in [0.15, 0.2) is 0 Å². The van der Waals surface area contributed by atoms with Crippen molar-refractivity contribution in [1.82, 2.24) is 15.6 Å². The van der Waals surface area contributed by atoms with Gasteiger partial charge in [-0.05, 0) is 24.5 Å². The van der Waals surface area contributed by atoms with E-state index in [1.54, 1.807) is 6.20 Å². The lowest BCUT2D eigenvalue weighted by Crippen LogP contribution is -2.42. The Morgan fingerprint density at radius 1 is 1.48 bits per heavy atom. The molecule has 2 heterocycles. The Morgan fingerprint density at radius 3 is 2.78 bits per heavy atom. The van der Waals surface area contributed by atoms with Gasteiger partial charge in [0, 0.05) is 36.7 Å². The zero-order chi connectivity index (χ0) is 15.2. The van der Waals surface area contributed by atoms with Gasteiger partial charge in [0.1, 0.15) is 0 Å². The van der Waals surface area contributed by atoms with Gasteiger partial charge in [-0.15, -0.1) is 24.8 Å². The van der Waals surface area contributed by atoms with Crippen LogP contribution in [0, 0.1) is 12.8 Å². The molecule has 0 radical (unpaired) electrons. The predicted molar refractivity (Wildman–Crippen MR) is 103 cm³/mol. The quantitative estimate of drug-likeness (QED) is 0.824. The van der Waals surface area contributed by atoms with Crippen molar-refractivity contribution in [2.24, 2.45) is 5.92 Å². The molecule has 2 unspecified atom stereocenters. The SMILES string of the molecule is Cc1cccnc1C(NC(=O)CC1CSCCN1)C(C)C.Cl.Cl. The number of carbonyl (C=O) groups excluding carboxylic acids is 1. The first-order chi connectivity index (χ1) is 10.1. The third kappa shape index (κ3) is 6.87. The number of amides is 1. The van der Waals surface area contributed by atoms with Crippen molar-refractivity contribution < 1.29 is 4.79 Å². The van der Waals surface area contributed by atoms with E-state index in [2.05, 4.69) is 29.5 Å². The van der Waals surface area contributed by atoms with E-state index in [-0.39, 0.29) is 36.8 Å². The number of halogens is 2.